The quantitative estimate of drug-likeness (QED) is 0.0462. The van der Waals surface area contributed by atoms with Crippen LogP contribution in [0.1, 0.15) is 45.2 Å². The first-order chi connectivity index (χ1) is 41.4. The molecule has 1 saturated heterocycles. The molecule has 0 N–H and O–H groups in total. The minimum atomic E-state index is -4.65. The summed E-state index contributed by atoms with van der Waals surface area (Å²) in [6.45, 7) is 1.65. The van der Waals surface area contributed by atoms with Crippen LogP contribution in [0.4, 0.5) is 0 Å². The van der Waals surface area contributed by atoms with Gasteiger partial charge in [-0.3, -0.25) is 13.8 Å². The van der Waals surface area contributed by atoms with E-state index in [1.165, 1.54) is 36.7 Å². The number of carbonyl (C=O) groups is 2. The fourth-order valence-corrected chi connectivity index (χ4v) is 13.2. The summed E-state index contributed by atoms with van der Waals surface area (Å²) in [5.74, 6) is -1.50. The lowest BCUT2D eigenvalue weighted by molar-refractivity contribution is -0.272. The van der Waals surface area contributed by atoms with Crippen molar-refractivity contribution in [2.75, 3.05) is 13.3 Å². The normalized spacial score (nSPS) is 18.5. The van der Waals surface area contributed by atoms with Crippen molar-refractivity contribution >= 4 is 65.0 Å². The van der Waals surface area contributed by atoms with Gasteiger partial charge in [0.25, 0.3) is 32.0 Å². The Morgan fingerprint density at radius 3 is 1.61 bits per heavy atom. The lowest BCUT2D eigenvalue weighted by Gasteiger charge is -2.46. The van der Waals surface area contributed by atoms with Gasteiger partial charge in [0.05, 0.1) is 59.5 Å². The van der Waals surface area contributed by atoms with Gasteiger partial charge < -0.3 is 28.3 Å². The van der Waals surface area contributed by atoms with E-state index >= 15 is 9.59 Å². The van der Waals surface area contributed by atoms with Gasteiger partial charge in [-0.1, -0.05) is 175 Å². The highest BCUT2D eigenvalue weighted by molar-refractivity contribution is 7.90. The molecule has 85 heavy (non-hydrogen) atoms. The predicted octanol–water partition coefficient (Wildman–Crippen LogP) is 11.0. The van der Waals surface area contributed by atoms with Gasteiger partial charge in [0.2, 0.25) is 0 Å². The highest BCUT2D eigenvalue weighted by atomic mass is 32.2. The average molecular weight is 1180 g/mol. The molecule has 2 aliphatic heterocycles. The number of ether oxygens (including phenoxy) is 5. The summed E-state index contributed by atoms with van der Waals surface area (Å²) in [7, 11) is -8.98. The van der Waals surface area contributed by atoms with E-state index in [1.54, 1.807) is 77.5 Å². The molecule has 5 atom stereocenters. The maximum Gasteiger partial charge on any atom is 0.297 e. The summed E-state index contributed by atoms with van der Waals surface area (Å²) >= 11 is 0. The van der Waals surface area contributed by atoms with E-state index in [0.29, 0.717) is 10.9 Å². The Bertz CT molecular complexity index is 4260. The molecule has 0 radical (unpaired) electrons. The van der Waals surface area contributed by atoms with Crippen molar-refractivity contribution in [3.63, 3.8) is 0 Å². The second kappa shape index (κ2) is 24.9. The van der Waals surface area contributed by atoms with Crippen LogP contribution in [0.3, 0.4) is 0 Å². The van der Waals surface area contributed by atoms with Crippen molar-refractivity contribution < 1.29 is 54.3 Å². The van der Waals surface area contributed by atoms with E-state index in [4.69, 9.17) is 27.9 Å². The zero-order chi connectivity index (χ0) is 58.5. The number of imide groups is 1. The van der Waals surface area contributed by atoms with Crippen molar-refractivity contribution in [1.82, 2.24) is 18.4 Å². The number of aryl methyl sites for hydroxylation is 1. The zero-order valence-corrected chi connectivity index (χ0v) is 47.7. The molecular weight excluding hydrogens is 1120 g/mol. The number of hydrogen-bond acceptors (Lipinski definition) is 13. The van der Waals surface area contributed by atoms with E-state index in [2.05, 4.69) is 4.98 Å². The number of hydrogen-bond donors (Lipinski definition) is 0. The van der Waals surface area contributed by atoms with E-state index in [9.17, 15) is 16.8 Å². The molecule has 18 heteroatoms. The third kappa shape index (κ3) is 11.9. The molecule has 3 aromatic heterocycles. The molecule has 10 aromatic rings. The molecule has 0 unspecified atom stereocenters. The molecule has 0 aliphatic carbocycles. The Balaban J connectivity index is 1.04. The van der Waals surface area contributed by atoms with Crippen LogP contribution in [-0.4, -0.2) is 84.8 Å². The summed E-state index contributed by atoms with van der Waals surface area (Å²) in [6, 6.07) is 62.4. The molecule has 7 aromatic carbocycles. The minimum absolute atomic E-state index is 0.000617. The van der Waals surface area contributed by atoms with Crippen LogP contribution < -0.4 is 0 Å². The third-order valence-corrected chi connectivity index (χ3v) is 18.0. The van der Waals surface area contributed by atoms with Gasteiger partial charge in [0.1, 0.15) is 25.0 Å². The van der Waals surface area contributed by atoms with Gasteiger partial charge >= 0.3 is 0 Å². The van der Waals surface area contributed by atoms with Crippen LogP contribution in [-0.2, 0) is 84.0 Å². The number of rotatable bonds is 22. The first-order valence-electron chi connectivity index (χ1n) is 27.6. The van der Waals surface area contributed by atoms with Crippen molar-refractivity contribution in [3.05, 3.63) is 270 Å². The molecule has 5 heterocycles. The topological polar surface area (TPSA) is 184 Å². The molecule has 0 bridgehead atoms. The Kier molecular flexibility index (Phi) is 16.6. The Hall–Kier alpha value is -8.69. The fourth-order valence-electron chi connectivity index (χ4n) is 10.8. The summed E-state index contributed by atoms with van der Waals surface area (Å²) < 4.78 is 102. The van der Waals surface area contributed by atoms with Gasteiger partial charge in [0.15, 0.2) is 18.0 Å². The zero-order valence-electron chi connectivity index (χ0n) is 46.1. The third-order valence-electron chi connectivity index (χ3n) is 15.0. The van der Waals surface area contributed by atoms with Crippen LogP contribution in [0, 0.1) is 6.92 Å². The first-order valence-corrected chi connectivity index (χ1v) is 30.4. The standard InChI is InChI=1S/C67H58N4O12S2/c1-46-33-35-52(36-34-46)85(76,77)83-63-62(81-43-50-26-13-5-14-27-50)61(80-42-49-24-11-4-12-25-49)58(44-78-40-47-20-7-2-8-21-47)82-67(63)69-38-55(53-30-17-18-32-57(53)69)59-60(66(73)70(65(59)72)45-79-41-48-22-9-3-10-23-48)56-39-71(64-54(56)31-19-37-68-64)84(74,75)51-28-15-6-16-29-51/h2-39,58,61-63,67H,40-45H2,1H3/t58-,61-,62+,63-,67+/m1/s1. The summed E-state index contributed by atoms with van der Waals surface area (Å²) in [5.41, 5.74) is 4.74. The molecule has 16 nitrogen and oxygen atoms in total. The average Bonchev–Trinajstić information content (AvgIpc) is 2.45. The molecule has 0 spiro atoms. The van der Waals surface area contributed by atoms with Gasteiger partial charge in [-0.05, 0) is 71.6 Å². The van der Waals surface area contributed by atoms with Crippen LogP contribution >= 0.6 is 0 Å². The Labute approximate surface area is 492 Å². The molecule has 430 valence electrons. The highest BCUT2D eigenvalue weighted by Gasteiger charge is 2.52. The number of carbonyl (C=O) groups excluding carboxylic acids is 2. The van der Waals surface area contributed by atoms with Gasteiger partial charge in [-0.2, -0.15) is 8.42 Å². The lowest BCUT2D eigenvalue weighted by atomic mass is 9.96. The number of aromatic nitrogens is 3. The maximum atomic E-state index is 15.6. The smallest absolute Gasteiger partial charge is 0.297 e. The molecule has 1 fully saturated rings. The van der Waals surface area contributed by atoms with Gasteiger partial charge in [0, 0.05) is 40.5 Å². The second-order valence-corrected chi connectivity index (χ2v) is 24.1. The number of benzene rings is 7. The SMILES string of the molecule is Cc1ccc(S(=O)(=O)O[C@@H]2[C@@H](OCc3ccccc3)[C@H](OCc3ccccc3)[C@@H](COCc3ccccc3)O[C@@H]2n2cc(C3=C(c4cn(S(=O)(=O)c5ccccc5)c5ncccc45)C(=O)N(COCc4ccccc4)C3=O)c3ccccc32)cc1. The number of pyridine rings is 1. The summed E-state index contributed by atoms with van der Waals surface area (Å²) in [6.07, 6.45) is -1.75. The molecule has 2 aliphatic rings. The number of para-hydroxylation sites is 1. The van der Waals surface area contributed by atoms with Gasteiger partial charge in [-0.15, -0.1) is 0 Å². The maximum absolute atomic E-state index is 15.6. The first kappa shape index (κ1) is 56.8. The number of nitrogens with zero attached hydrogens (tertiary/aromatic N) is 4. The monoisotopic (exact) mass is 1170 g/mol. The number of amides is 2. The van der Waals surface area contributed by atoms with Crippen LogP contribution in [0.5, 0.6) is 0 Å². The predicted molar refractivity (Wildman–Crippen MR) is 319 cm³/mol. The molecule has 2 amide bonds. The van der Waals surface area contributed by atoms with Crippen molar-refractivity contribution in [2.24, 2.45) is 0 Å². The molecular formula is C67H58N4O12S2. The minimum Gasteiger partial charge on any atom is -0.374 e. The van der Waals surface area contributed by atoms with E-state index in [0.717, 1.165) is 36.7 Å². The molecule has 12 rings (SSSR count). The van der Waals surface area contributed by atoms with Crippen molar-refractivity contribution in [1.29, 1.82) is 0 Å². The summed E-state index contributed by atoms with van der Waals surface area (Å²) in [4.78, 5) is 36.4. The summed E-state index contributed by atoms with van der Waals surface area (Å²) in [5, 5.41) is 0.724. The second-order valence-electron chi connectivity index (χ2n) is 20.7. The largest absolute Gasteiger partial charge is 0.374 e. The number of fused-ring (bicyclic) bond motifs is 2. The van der Waals surface area contributed by atoms with Crippen molar-refractivity contribution in [2.45, 2.75) is 73.8 Å². The Morgan fingerprint density at radius 1 is 0.506 bits per heavy atom. The highest BCUT2D eigenvalue weighted by Crippen LogP contribution is 2.45. The van der Waals surface area contributed by atoms with Crippen LogP contribution in [0.2, 0.25) is 0 Å². The van der Waals surface area contributed by atoms with Crippen LogP contribution in [0.15, 0.2) is 241 Å². The Morgan fingerprint density at radius 2 is 1.01 bits per heavy atom. The van der Waals surface area contributed by atoms with E-state index < -0.39 is 69.3 Å². The van der Waals surface area contributed by atoms with Crippen LogP contribution in [0.25, 0.3) is 33.1 Å². The fraction of sp³-hybridized carbons (Fsp3) is 0.179. The van der Waals surface area contributed by atoms with Gasteiger partial charge in [-0.25, -0.2) is 22.3 Å². The lowest BCUT2D eigenvalue weighted by Crippen LogP contribution is -2.59. The molecule has 0 saturated carbocycles. The van der Waals surface area contributed by atoms with Crippen molar-refractivity contribution in [3.8, 4) is 0 Å². The van der Waals surface area contributed by atoms with E-state index in [-0.39, 0.29) is 76.1 Å². The van der Waals surface area contributed by atoms with E-state index in [1.807, 2.05) is 128 Å².